The third-order valence-corrected chi connectivity index (χ3v) is 3.10. The van der Waals surface area contributed by atoms with E-state index in [0.29, 0.717) is 5.92 Å². The van der Waals surface area contributed by atoms with Crippen LogP contribution in [0, 0.1) is 0 Å². The van der Waals surface area contributed by atoms with Crippen LogP contribution in [0.25, 0.3) is 0 Å². The first-order valence-electron chi connectivity index (χ1n) is 5.74. The molecule has 1 aromatic rings. The Labute approximate surface area is 106 Å². The smallest absolute Gasteiger partial charge is 0.0524 e. The van der Waals surface area contributed by atoms with Crippen LogP contribution >= 0.6 is 15.9 Å². The Hall–Kier alpha value is -0.380. The van der Waals surface area contributed by atoms with E-state index in [4.69, 9.17) is 5.11 Å². The highest BCUT2D eigenvalue weighted by Gasteiger charge is 2.05. The van der Waals surface area contributed by atoms with Crippen molar-refractivity contribution in [2.75, 3.05) is 13.1 Å². The Morgan fingerprint density at radius 3 is 2.75 bits per heavy atom. The molecule has 2 unspecified atom stereocenters. The highest BCUT2D eigenvalue weighted by atomic mass is 79.9. The predicted octanol–water partition coefficient (Wildman–Crippen LogP) is 2.91. The van der Waals surface area contributed by atoms with Crippen molar-refractivity contribution in [2.45, 2.75) is 32.3 Å². The van der Waals surface area contributed by atoms with Gasteiger partial charge in [0.25, 0.3) is 0 Å². The SMILES string of the molecule is CC(O)CCNCC(C)c1cccc(Br)c1. The molecule has 0 fully saturated rings. The highest BCUT2D eigenvalue weighted by Crippen LogP contribution is 2.18. The molecule has 0 saturated carbocycles. The summed E-state index contributed by atoms with van der Waals surface area (Å²) in [7, 11) is 0. The molecule has 0 bridgehead atoms. The van der Waals surface area contributed by atoms with Crippen molar-refractivity contribution in [3.05, 3.63) is 34.3 Å². The summed E-state index contributed by atoms with van der Waals surface area (Å²) in [5.74, 6) is 0.492. The monoisotopic (exact) mass is 285 g/mol. The lowest BCUT2D eigenvalue weighted by atomic mass is 10.0. The first kappa shape index (κ1) is 13.7. The lowest BCUT2D eigenvalue weighted by Crippen LogP contribution is -2.23. The van der Waals surface area contributed by atoms with Gasteiger partial charge in [0.1, 0.15) is 0 Å². The Bertz CT molecular complexity index is 315. The predicted molar refractivity (Wildman–Crippen MR) is 71.7 cm³/mol. The van der Waals surface area contributed by atoms with Gasteiger partial charge in [-0.25, -0.2) is 0 Å². The number of hydrogen-bond acceptors (Lipinski definition) is 2. The van der Waals surface area contributed by atoms with Crippen LogP contribution in [0.4, 0.5) is 0 Å². The summed E-state index contributed by atoms with van der Waals surface area (Å²) in [5.41, 5.74) is 1.33. The maximum atomic E-state index is 9.12. The van der Waals surface area contributed by atoms with E-state index in [9.17, 15) is 0 Å². The van der Waals surface area contributed by atoms with Crippen LogP contribution in [0.1, 0.15) is 31.7 Å². The van der Waals surface area contributed by atoms with Crippen LogP contribution < -0.4 is 5.32 Å². The second-order valence-corrected chi connectivity index (χ2v) is 5.21. The summed E-state index contributed by atoms with van der Waals surface area (Å²) < 4.78 is 1.13. The fourth-order valence-electron chi connectivity index (χ4n) is 1.56. The van der Waals surface area contributed by atoms with Crippen LogP contribution in [0.3, 0.4) is 0 Å². The third kappa shape index (κ3) is 5.10. The van der Waals surface area contributed by atoms with Gasteiger partial charge in [-0.15, -0.1) is 0 Å². The first-order valence-corrected chi connectivity index (χ1v) is 6.53. The van der Waals surface area contributed by atoms with Crippen LogP contribution in [-0.2, 0) is 0 Å². The Morgan fingerprint density at radius 1 is 1.38 bits per heavy atom. The molecule has 16 heavy (non-hydrogen) atoms. The molecule has 0 radical (unpaired) electrons. The van der Waals surface area contributed by atoms with Crippen LogP contribution in [0.2, 0.25) is 0 Å². The van der Waals surface area contributed by atoms with Crippen LogP contribution in [0.5, 0.6) is 0 Å². The van der Waals surface area contributed by atoms with E-state index in [1.54, 1.807) is 0 Å². The normalized spacial score (nSPS) is 14.8. The van der Waals surface area contributed by atoms with Crippen molar-refractivity contribution in [2.24, 2.45) is 0 Å². The maximum Gasteiger partial charge on any atom is 0.0524 e. The summed E-state index contributed by atoms with van der Waals surface area (Å²) >= 11 is 3.48. The molecule has 2 N–H and O–H groups in total. The second kappa shape index (κ2) is 7.05. The Kier molecular flexibility index (Phi) is 6.03. The van der Waals surface area contributed by atoms with Gasteiger partial charge in [0.05, 0.1) is 6.10 Å². The maximum absolute atomic E-state index is 9.12. The van der Waals surface area contributed by atoms with E-state index >= 15 is 0 Å². The van der Waals surface area contributed by atoms with Gasteiger partial charge in [-0.3, -0.25) is 0 Å². The van der Waals surface area contributed by atoms with Gasteiger partial charge in [-0.1, -0.05) is 35.0 Å². The number of rotatable bonds is 6. The minimum atomic E-state index is -0.214. The number of aliphatic hydroxyl groups excluding tert-OH is 1. The molecule has 0 aliphatic rings. The molecule has 0 aliphatic carbocycles. The summed E-state index contributed by atoms with van der Waals surface area (Å²) in [5, 5.41) is 12.5. The van der Waals surface area contributed by atoms with Gasteiger partial charge < -0.3 is 10.4 Å². The summed E-state index contributed by atoms with van der Waals surface area (Å²) in [6.07, 6.45) is 0.597. The van der Waals surface area contributed by atoms with Crippen molar-refractivity contribution >= 4 is 15.9 Å². The molecule has 90 valence electrons. The molecule has 0 aliphatic heterocycles. The van der Waals surface area contributed by atoms with E-state index < -0.39 is 0 Å². The molecule has 2 nitrogen and oxygen atoms in total. The molecule has 0 saturated heterocycles. The molecule has 1 rings (SSSR count). The van der Waals surface area contributed by atoms with E-state index in [-0.39, 0.29) is 6.10 Å². The zero-order chi connectivity index (χ0) is 12.0. The zero-order valence-corrected chi connectivity index (χ0v) is 11.5. The fraction of sp³-hybridized carbons (Fsp3) is 0.538. The largest absolute Gasteiger partial charge is 0.393 e. The zero-order valence-electron chi connectivity index (χ0n) is 9.91. The number of aliphatic hydroxyl groups is 1. The lowest BCUT2D eigenvalue weighted by Gasteiger charge is -2.14. The molecule has 0 aromatic heterocycles. The van der Waals surface area contributed by atoms with Gasteiger partial charge >= 0.3 is 0 Å². The van der Waals surface area contributed by atoms with E-state index in [2.05, 4.69) is 46.4 Å². The minimum absolute atomic E-state index is 0.214. The van der Waals surface area contributed by atoms with Crippen molar-refractivity contribution in [3.63, 3.8) is 0 Å². The van der Waals surface area contributed by atoms with Crippen molar-refractivity contribution in [1.29, 1.82) is 0 Å². The summed E-state index contributed by atoms with van der Waals surface area (Å²) in [6.45, 7) is 5.84. The average molecular weight is 286 g/mol. The van der Waals surface area contributed by atoms with E-state index in [0.717, 1.165) is 24.0 Å². The third-order valence-electron chi connectivity index (χ3n) is 2.61. The standard InChI is InChI=1S/C13H20BrNO/c1-10(9-15-7-6-11(2)16)12-4-3-5-13(14)8-12/h3-5,8,10-11,15-16H,6-7,9H2,1-2H3. The fourth-order valence-corrected chi connectivity index (χ4v) is 1.98. The second-order valence-electron chi connectivity index (χ2n) is 4.30. The first-order chi connectivity index (χ1) is 7.59. The molecule has 2 atom stereocenters. The minimum Gasteiger partial charge on any atom is -0.393 e. The lowest BCUT2D eigenvalue weighted by molar-refractivity contribution is 0.183. The van der Waals surface area contributed by atoms with Crippen LogP contribution in [-0.4, -0.2) is 24.3 Å². The van der Waals surface area contributed by atoms with Gasteiger partial charge in [-0.2, -0.15) is 0 Å². The Morgan fingerprint density at radius 2 is 2.12 bits per heavy atom. The molecule has 0 amide bonds. The average Bonchev–Trinajstić information content (AvgIpc) is 2.24. The molecule has 0 heterocycles. The quantitative estimate of drug-likeness (QED) is 0.788. The molecule has 1 aromatic carbocycles. The van der Waals surface area contributed by atoms with Crippen LogP contribution in [0.15, 0.2) is 28.7 Å². The van der Waals surface area contributed by atoms with Crippen molar-refractivity contribution in [3.8, 4) is 0 Å². The van der Waals surface area contributed by atoms with Gasteiger partial charge in [-0.05, 0) is 43.5 Å². The highest BCUT2D eigenvalue weighted by molar-refractivity contribution is 9.10. The van der Waals surface area contributed by atoms with Gasteiger partial charge in [0.2, 0.25) is 0 Å². The Balaban J connectivity index is 2.32. The van der Waals surface area contributed by atoms with E-state index in [1.807, 2.05) is 13.0 Å². The van der Waals surface area contributed by atoms with E-state index in [1.165, 1.54) is 5.56 Å². The number of halogens is 1. The topological polar surface area (TPSA) is 32.3 Å². The molecular formula is C13H20BrNO. The molecule has 0 spiro atoms. The van der Waals surface area contributed by atoms with Crippen molar-refractivity contribution in [1.82, 2.24) is 5.32 Å². The van der Waals surface area contributed by atoms with Crippen molar-refractivity contribution < 1.29 is 5.11 Å². The molecule has 3 heteroatoms. The number of benzene rings is 1. The van der Waals surface area contributed by atoms with Gasteiger partial charge in [0, 0.05) is 11.0 Å². The number of nitrogens with one attached hydrogen (secondary N) is 1. The summed E-state index contributed by atoms with van der Waals surface area (Å²) in [4.78, 5) is 0. The number of hydrogen-bond donors (Lipinski definition) is 2. The van der Waals surface area contributed by atoms with Gasteiger partial charge in [0.15, 0.2) is 0 Å². The summed E-state index contributed by atoms with van der Waals surface area (Å²) in [6, 6.07) is 8.40. The molecular weight excluding hydrogens is 266 g/mol.